The smallest absolute Gasteiger partial charge is 0.00697 e. The van der Waals surface area contributed by atoms with Crippen LogP contribution in [0.25, 0.3) is 0 Å². The van der Waals surface area contributed by atoms with Crippen molar-refractivity contribution in [3.05, 3.63) is 0 Å². The van der Waals surface area contributed by atoms with Crippen molar-refractivity contribution in [1.29, 1.82) is 0 Å². The number of hydrogen-bond donors (Lipinski definition) is 1. The third-order valence-electron chi connectivity index (χ3n) is 5.21. The molecule has 1 heteroatoms. The highest BCUT2D eigenvalue weighted by Gasteiger charge is 2.20. The van der Waals surface area contributed by atoms with Crippen molar-refractivity contribution in [3.63, 3.8) is 0 Å². The molecule has 1 saturated carbocycles. The fourth-order valence-electron chi connectivity index (χ4n) is 3.80. The Labute approximate surface area is 134 Å². The Morgan fingerprint density at radius 1 is 0.762 bits per heavy atom. The highest BCUT2D eigenvalue weighted by Crippen LogP contribution is 2.28. The average Bonchev–Trinajstić information content (AvgIpc) is 2.52. The van der Waals surface area contributed by atoms with Gasteiger partial charge in [-0.1, -0.05) is 90.9 Å². The van der Waals surface area contributed by atoms with Crippen LogP contribution >= 0.6 is 0 Å². The lowest BCUT2D eigenvalue weighted by molar-refractivity contribution is 0.268. The number of hydrogen-bond acceptors (Lipinski definition) is 1. The van der Waals surface area contributed by atoms with Gasteiger partial charge in [0.15, 0.2) is 0 Å². The first-order chi connectivity index (χ1) is 10.4. The standard InChI is InChI=1S/C20H41N/c1-3-5-7-8-9-10-11-12-17-21-20-16-13-15-19(18-20)14-6-4-2/h19-21H,3-18H2,1-2H3. The fourth-order valence-corrected chi connectivity index (χ4v) is 3.80. The van der Waals surface area contributed by atoms with Crippen LogP contribution in [-0.2, 0) is 0 Å². The van der Waals surface area contributed by atoms with E-state index in [1.165, 1.54) is 103 Å². The van der Waals surface area contributed by atoms with Crippen LogP contribution in [0.15, 0.2) is 0 Å². The minimum absolute atomic E-state index is 0.838. The first-order valence-corrected chi connectivity index (χ1v) is 10.1. The van der Waals surface area contributed by atoms with Gasteiger partial charge in [-0.05, 0) is 31.7 Å². The molecule has 0 aromatic rings. The minimum Gasteiger partial charge on any atom is -0.314 e. The number of rotatable bonds is 13. The summed E-state index contributed by atoms with van der Waals surface area (Å²) in [6.45, 7) is 5.88. The van der Waals surface area contributed by atoms with Gasteiger partial charge in [0.05, 0.1) is 0 Å². The molecule has 0 bridgehead atoms. The Hall–Kier alpha value is -0.0400. The molecule has 0 radical (unpaired) electrons. The van der Waals surface area contributed by atoms with Gasteiger partial charge in [-0.15, -0.1) is 0 Å². The highest BCUT2D eigenvalue weighted by atomic mass is 14.9. The normalized spacial score (nSPS) is 22.6. The lowest BCUT2D eigenvalue weighted by Crippen LogP contribution is -2.34. The Balaban J connectivity index is 1.90. The third-order valence-corrected chi connectivity index (χ3v) is 5.21. The molecule has 21 heavy (non-hydrogen) atoms. The highest BCUT2D eigenvalue weighted by molar-refractivity contribution is 4.77. The molecule has 0 aromatic heterocycles. The molecule has 0 heterocycles. The summed E-state index contributed by atoms with van der Waals surface area (Å²) in [6, 6.07) is 0.838. The Kier molecular flexibility index (Phi) is 12.3. The molecule has 0 aliphatic heterocycles. The quantitative estimate of drug-likeness (QED) is 0.384. The first kappa shape index (κ1) is 19.0. The van der Waals surface area contributed by atoms with Crippen LogP contribution in [0, 0.1) is 5.92 Å². The van der Waals surface area contributed by atoms with Gasteiger partial charge in [-0.25, -0.2) is 0 Å². The van der Waals surface area contributed by atoms with E-state index in [0.29, 0.717) is 0 Å². The van der Waals surface area contributed by atoms with E-state index >= 15 is 0 Å². The van der Waals surface area contributed by atoms with E-state index in [1.807, 2.05) is 0 Å². The van der Waals surface area contributed by atoms with E-state index in [-0.39, 0.29) is 0 Å². The number of nitrogens with one attached hydrogen (secondary N) is 1. The minimum atomic E-state index is 0.838. The predicted octanol–water partition coefficient (Wildman–Crippen LogP) is 6.47. The largest absolute Gasteiger partial charge is 0.314 e. The zero-order chi connectivity index (χ0) is 15.2. The van der Waals surface area contributed by atoms with Crippen LogP contribution in [0.4, 0.5) is 0 Å². The Morgan fingerprint density at radius 2 is 1.43 bits per heavy atom. The molecule has 1 N–H and O–H groups in total. The van der Waals surface area contributed by atoms with Crippen molar-refractivity contribution in [2.75, 3.05) is 6.54 Å². The van der Waals surface area contributed by atoms with Gasteiger partial charge in [0.25, 0.3) is 0 Å². The lowest BCUT2D eigenvalue weighted by atomic mass is 9.83. The molecule has 1 nitrogen and oxygen atoms in total. The van der Waals surface area contributed by atoms with Crippen LogP contribution in [0.2, 0.25) is 0 Å². The fraction of sp³-hybridized carbons (Fsp3) is 1.00. The van der Waals surface area contributed by atoms with Crippen molar-refractivity contribution >= 4 is 0 Å². The second kappa shape index (κ2) is 13.6. The Bertz CT molecular complexity index is 214. The summed E-state index contributed by atoms with van der Waals surface area (Å²) in [7, 11) is 0. The SMILES string of the molecule is CCCCCCCCCCNC1CCCC(CCCC)C1. The molecule has 1 rings (SSSR count). The molecule has 1 fully saturated rings. The van der Waals surface area contributed by atoms with E-state index in [4.69, 9.17) is 0 Å². The molecule has 0 saturated heterocycles. The molecule has 1 aliphatic carbocycles. The lowest BCUT2D eigenvalue weighted by Gasteiger charge is -2.30. The van der Waals surface area contributed by atoms with E-state index < -0.39 is 0 Å². The average molecular weight is 296 g/mol. The van der Waals surface area contributed by atoms with Gasteiger partial charge in [-0.2, -0.15) is 0 Å². The summed E-state index contributed by atoms with van der Waals surface area (Å²) >= 11 is 0. The molecular weight excluding hydrogens is 254 g/mol. The summed E-state index contributed by atoms with van der Waals surface area (Å²) in [4.78, 5) is 0. The maximum Gasteiger partial charge on any atom is 0.00697 e. The second-order valence-corrected chi connectivity index (χ2v) is 7.30. The topological polar surface area (TPSA) is 12.0 Å². The summed E-state index contributed by atoms with van der Waals surface area (Å²) in [6.07, 6.45) is 21.6. The summed E-state index contributed by atoms with van der Waals surface area (Å²) in [5.41, 5.74) is 0. The Morgan fingerprint density at radius 3 is 2.14 bits per heavy atom. The van der Waals surface area contributed by atoms with Gasteiger partial charge < -0.3 is 5.32 Å². The molecule has 0 spiro atoms. The van der Waals surface area contributed by atoms with Crippen molar-refractivity contribution in [2.45, 2.75) is 116 Å². The maximum absolute atomic E-state index is 3.84. The van der Waals surface area contributed by atoms with Crippen LogP contribution < -0.4 is 5.32 Å². The van der Waals surface area contributed by atoms with Crippen LogP contribution in [0.3, 0.4) is 0 Å². The molecule has 1 aliphatic rings. The van der Waals surface area contributed by atoms with Crippen molar-refractivity contribution in [2.24, 2.45) is 5.92 Å². The van der Waals surface area contributed by atoms with E-state index in [2.05, 4.69) is 19.2 Å². The third kappa shape index (κ3) is 10.3. The molecule has 0 amide bonds. The van der Waals surface area contributed by atoms with Crippen LogP contribution in [0.5, 0.6) is 0 Å². The van der Waals surface area contributed by atoms with E-state index in [1.54, 1.807) is 0 Å². The van der Waals surface area contributed by atoms with Gasteiger partial charge >= 0.3 is 0 Å². The van der Waals surface area contributed by atoms with Gasteiger partial charge in [-0.3, -0.25) is 0 Å². The van der Waals surface area contributed by atoms with Crippen molar-refractivity contribution < 1.29 is 0 Å². The maximum atomic E-state index is 3.84. The molecule has 0 aromatic carbocycles. The first-order valence-electron chi connectivity index (χ1n) is 10.1. The molecule has 2 unspecified atom stereocenters. The predicted molar refractivity (Wildman–Crippen MR) is 95.9 cm³/mol. The summed E-state index contributed by atoms with van der Waals surface area (Å²) < 4.78 is 0. The zero-order valence-electron chi connectivity index (χ0n) is 15.0. The number of unbranched alkanes of at least 4 members (excludes halogenated alkanes) is 8. The zero-order valence-corrected chi connectivity index (χ0v) is 15.0. The van der Waals surface area contributed by atoms with Crippen molar-refractivity contribution in [1.82, 2.24) is 5.32 Å². The van der Waals surface area contributed by atoms with Crippen LogP contribution in [0.1, 0.15) is 110 Å². The van der Waals surface area contributed by atoms with E-state index in [9.17, 15) is 0 Å². The molecular formula is C20H41N. The van der Waals surface area contributed by atoms with Gasteiger partial charge in [0.1, 0.15) is 0 Å². The van der Waals surface area contributed by atoms with Gasteiger partial charge in [0, 0.05) is 6.04 Å². The van der Waals surface area contributed by atoms with E-state index in [0.717, 1.165) is 12.0 Å². The van der Waals surface area contributed by atoms with Crippen molar-refractivity contribution in [3.8, 4) is 0 Å². The molecule has 126 valence electrons. The second-order valence-electron chi connectivity index (χ2n) is 7.30. The van der Waals surface area contributed by atoms with Crippen LogP contribution in [-0.4, -0.2) is 12.6 Å². The monoisotopic (exact) mass is 295 g/mol. The summed E-state index contributed by atoms with van der Waals surface area (Å²) in [5, 5.41) is 3.84. The summed E-state index contributed by atoms with van der Waals surface area (Å²) in [5.74, 6) is 1.02. The van der Waals surface area contributed by atoms with Gasteiger partial charge in [0.2, 0.25) is 0 Å². The molecule has 2 atom stereocenters.